The van der Waals surface area contributed by atoms with E-state index in [1.807, 2.05) is 36.9 Å². The van der Waals surface area contributed by atoms with E-state index in [1.165, 1.54) is 5.56 Å². The molecular weight excluding hydrogens is 254 g/mol. The van der Waals surface area contributed by atoms with Crippen molar-refractivity contribution < 1.29 is 14.3 Å². The number of esters is 1. The summed E-state index contributed by atoms with van der Waals surface area (Å²) in [4.78, 5) is 25.2. The summed E-state index contributed by atoms with van der Waals surface area (Å²) in [5, 5.41) is 0. The first-order chi connectivity index (χ1) is 9.56. The van der Waals surface area contributed by atoms with Gasteiger partial charge in [0.05, 0.1) is 19.6 Å². The summed E-state index contributed by atoms with van der Waals surface area (Å²) in [5.41, 5.74) is 2.21. The molecule has 0 radical (unpaired) electrons. The molecule has 4 heteroatoms. The smallest absolute Gasteiger partial charge is 0.306 e. The van der Waals surface area contributed by atoms with Gasteiger partial charge in [0.2, 0.25) is 0 Å². The van der Waals surface area contributed by atoms with Gasteiger partial charge in [-0.15, -0.1) is 0 Å². The van der Waals surface area contributed by atoms with Gasteiger partial charge in [-0.1, -0.05) is 12.1 Å². The number of rotatable bonds is 8. The minimum absolute atomic E-state index is 0.0569. The fraction of sp³-hybridized carbons (Fsp3) is 0.500. The van der Waals surface area contributed by atoms with E-state index in [0.29, 0.717) is 13.2 Å². The number of anilines is 1. The van der Waals surface area contributed by atoms with E-state index in [2.05, 4.69) is 6.07 Å². The molecule has 0 aliphatic rings. The molecule has 0 heterocycles. The third-order valence-electron chi connectivity index (χ3n) is 3.03. The standard InChI is InChI=1S/C16H23NO3/c1-4-17(14-8-6-7-13(3)11-14)12-15(18)9-10-16(19)20-5-2/h6-8,11H,4-5,9-10,12H2,1-3H3. The van der Waals surface area contributed by atoms with Crippen LogP contribution in [0.5, 0.6) is 0 Å². The van der Waals surface area contributed by atoms with Crippen LogP contribution < -0.4 is 4.90 Å². The molecule has 0 amide bonds. The maximum absolute atomic E-state index is 11.9. The van der Waals surface area contributed by atoms with Crippen LogP contribution in [-0.4, -0.2) is 31.4 Å². The van der Waals surface area contributed by atoms with E-state index >= 15 is 0 Å². The van der Waals surface area contributed by atoms with Crippen molar-refractivity contribution >= 4 is 17.4 Å². The summed E-state index contributed by atoms with van der Waals surface area (Å²) in [5.74, 6) is -0.249. The highest BCUT2D eigenvalue weighted by molar-refractivity contribution is 5.86. The van der Waals surface area contributed by atoms with Crippen LogP contribution >= 0.6 is 0 Å². The van der Waals surface area contributed by atoms with E-state index in [-0.39, 0.29) is 24.6 Å². The lowest BCUT2D eigenvalue weighted by atomic mass is 10.1. The lowest BCUT2D eigenvalue weighted by Gasteiger charge is -2.22. The average Bonchev–Trinajstić information content (AvgIpc) is 2.43. The van der Waals surface area contributed by atoms with Crippen LogP contribution in [0.15, 0.2) is 24.3 Å². The van der Waals surface area contributed by atoms with Crippen LogP contribution in [0.3, 0.4) is 0 Å². The highest BCUT2D eigenvalue weighted by atomic mass is 16.5. The molecule has 1 aromatic rings. The van der Waals surface area contributed by atoms with Crippen LogP contribution in [0.25, 0.3) is 0 Å². The van der Waals surface area contributed by atoms with Crippen molar-refractivity contribution in [3.05, 3.63) is 29.8 Å². The number of likely N-dealkylation sites (N-methyl/N-ethyl adjacent to an activating group) is 1. The van der Waals surface area contributed by atoms with E-state index in [4.69, 9.17) is 4.74 Å². The predicted molar refractivity (Wildman–Crippen MR) is 79.9 cm³/mol. The molecule has 0 aliphatic carbocycles. The van der Waals surface area contributed by atoms with E-state index in [1.54, 1.807) is 6.92 Å². The number of carbonyl (C=O) groups excluding carboxylic acids is 2. The Labute approximate surface area is 120 Å². The van der Waals surface area contributed by atoms with Crippen molar-refractivity contribution in [2.24, 2.45) is 0 Å². The number of carbonyl (C=O) groups is 2. The summed E-state index contributed by atoms with van der Waals surface area (Å²) in [6, 6.07) is 8.06. The lowest BCUT2D eigenvalue weighted by Crippen LogP contribution is -2.29. The second kappa shape index (κ2) is 8.35. The molecule has 0 atom stereocenters. The van der Waals surface area contributed by atoms with E-state index < -0.39 is 0 Å². The summed E-state index contributed by atoms with van der Waals surface area (Å²) >= 11 is 0. The lowest BCUT2D eigenvalue weighted by molar-refractivity contribution is -0.144. The van der Waals surface area contributed by atoms with Crippen molar-refractivity contribution in [1.82, 2.24) is 0 Å². The zero-order valence-corrected chi connectivity index (χ0v) is 12.5. The van der Waals surface area contributed by atoms with E-state index in [0.717, 1.165) is 12.2 Å². The van der Waals surface area contributed by atoms with Gasteiger partial charge in [0.1, 0.15) is 0 Å². The number of hydrogen-bond donors (Lipinski definition) is 0. The fourth-order valence-electron chi connectivity index (χ4n) is 1.98. The second-order valence-corrected chi connectivity index (χ2v) is 4.70. The zero-order chi connectivity index (χ0) is 15.0. The molecule has 4 nitrogen and oxygen atoms in total. The Morgan fingerprint density at radius 2 is 1.95 bits per heavy atom. The zero-order valence-electron chi connectivity index (χ0n) is 12.5. The molecule has 1 rings (SSSR count). The first-order valence-corrected chi connectivity index (χ1v) is 7.05. The van der Waals surface area contributed by atoms with Gasteiger partial charge in [-0.3, -0.25) is 9.59 Å². The monoisotopic (exact) mass is 277 g/mol. The van der Waals surface area contributed by atoms with Crippen molar-refractivity contribution in [3.63, 3.8) is 0 Å². The third kappa shape index (κ3) is 5.43. The van der Waals surface area contributed by atoms with Crippen LogP contribution in [-0.2, 0) is 14.3 Å². The van der Waals surface area contributed by atoms with Crippen molar-refractivity contribution in [2.45, 2.75) is 33.6 Å². The third-order valence-corrected chi connectivity index (χ3v) is 3.03. The SMILES string of the molecule is CCOC(=O)CCC(=O)CN(CC)c1cccc(C)c1. The molecule has 0 unspecified atom stereocenters. The minimum atomic E-state index is -0.306. The highest BCUT2D eigenvalue weighted by Gasteiger charge is 2.12. The molecular formula is C16H23NO3. The number of benzene rings is 1. The molecule has 0 aliphatic heterocycles. The second-order valence-electron chi connectivity index (χ2n) is 4.70. The fourth-order valence-corrected chi connectivity index (χ4v) is 1.98. The summed E-state index contributed by atoms with van der Waals surface area (Å²) in [6.45, 7) is 7.25. The number of aryl methyl sites for hydroxylation is 1. The molecule has 110 valence electrons. The van der Waals surface area contributed by atoms with Crippen LogP contribution in [0.4, 0.5) is 5.69 Å². The Bertz CT molecular complexity index is 457. The first-order valence-electron chi connectivity index (χ1n) is 7.05. The molecule has 0 aromatic heterocycles. The highest BCUT2D eigenvalue weighted by Crippen LogP contribution is 2.15. The summed E-state index contributed by atoms with van der Waals surface area (Å²) in [6.07, 6.45) is 0.402. The summed E-state index contributed by atoms with van der Waals surface area (Å²) < 4.78 is 4.82. The Morgan fingerprint density at radius 1 is 1.20 bits per heavy atom. The Kier molecular flexibility index (Phi) is 6.77. The van der Waals surface area contributed by atoms with Crippen molar-refractivity contribution in [2.75, 3.05) is 24.6 Å². The van der Waals surface area contributed by atoms with E-state index in [9.17, 15) is 9.59 Å². The molecule has 20 heavy (non-hydrogen) atoms. The maximum Gasteiger partial charge on any atom is 0.306 e. The first kappa shape index (κ1) is 16.2. The number of nitrogens with zero attached hydrogens (tertiary/aromatic N) is 1. The van der Waals surface area contributed by atoms with Crippen LogP contribution in [0.2, 0.25) is 0 Å². The van der Waals surface area contributed by atoms with Gasteiger partial charge in [-0.05, 0) is 38.5 Å². The molecule has 0 saturated carbocycles. The van der Waals surface area contributed by atoms with Gasteiger partial charge >= 0.3 is 5.97 Å². The molecule has 0 N–H and O–H groups in total. The van der Waals surface area contributed by atoms with Gasteiger partial charge in [0, 0.05) is 18.7 Å². The maximum atomic E-state index is 11.9. The van der Waals surface area contributed by atoms with Gasteiger partial charge in [0.25, 0.3) is 0 Å². The van der Waals surface area contributed by atoms with Gasteiger partial charge in [0.15, 0.2) is 5.78 Å². The van der Waals surface area contributed by atoms with Crippen molar-refractivity contribution in [3.8, 4) is 0 Å². The summed E-state index contributed by atoms with van der Waals surface area (Å²) in [7, 11) is 0. The van der Waals surface area contributed by atoms with Crippen molar-refractivity contribution in [1.29, 1.82) is 0 Å². The normalized spacial score (nSPS) is 10.2. The molecule has 1 aromatic carbocycles. The molecule has 0 saturated heterocycles. The Hall–Kier alpha value is -1.84. The molecule has 0 bridgehead atoms. The van der Waals surface area contributed by atoms with Gasteiger partial charge in [-0.2, -0.15) is 0 Å². The van der Waals surface area contributed by atoms with Gasteiger partial charge < -0.3 is 9.64 Å². The molecule has 0 fully saturated rings. The Balaban J connectivity index is 2.52. The number of ether oxygens (including phenoxy) is 1. The minimum Gasteiger partial charge on any atom is -0.466 e. The number of hydrogen-bond acceptors (Lipinski definition) is 4. The predicted octanol–water partition coefficient (Wildman–Crippen LogP) is 2.73. The largest absolute Gasteiger partial charge is 0.466 e. The number of Topliss-reactive ketones (excluding diaryl/α,β-unsaturated/α-hetero) is 1. The average molecular weight is 277 g/mol. The molecule has 0 spiro atoms. The topological polar surface area (TPSA) is 46.6 Å². The number of ketones is 1. The van der Waals surface area contributed by atoms with Crippen LogP contribution in [0, 0.1) is 6.92 Å². The van der Waals surface area contributed by atoms with Gasteiger partial charge in [-0.25, -0.2) is 0 Å². The van der Waals surface area contributed by atoms with Crippen LogP contribution in [0.1, 0.15) is 32.3 Å². The Morgan fingerprint density at radius 3 is 2.55 bits per heavy atom. The quantitative estimate of drug-likeness (QED) is 0.685.